The molecule has 0 amide bonds. The third kappa shape index (κ3) is 3.30. The maximum absolute atomic E-state index is 12.5. The van der Waals surface area contributed by atoms with Crippen LogP contribution in [0.3, 0.4) is 0 Å². The van der Waals surface area contributed by atoms with E-state index in [-0.39, 0.29) is 17.8 Å². The van der Waals surface area contributed by atoms with E-state index in [1.165, 1.54) is 11.8 Å². The first-order valence-corrected chi connectivity index (χ1v) is 8.99. The van der Waals surface area contributed by atoms with E-state index in [1.807, 2.05) is 44.2 Å². The van der Waals surface area contributed by atoms with Gasteiger partial charge in [0.05, 0.1) is 5.25 Å². The smallest absolute Gasteiger partial charge is 0.277 e. The van der Waals surface area contributed by atoms with Gasteiger partial charge < -0.3 is 13.9 Å². The highest BCUT2D eigenvalue weighted by Crippen LogP contribution is 2.36. The van der Waals surface area contributed by atoms with E-state index >= 15 is 0 Å². The maximum Gasteiger partial charge on any atom is 0.277 e. The van der Waals surface area contributed by atoms with Crippen LogP contribution in [-0.4, -0.2) is 28.0 Å². The van der Waals surface area contributed by atoms with Crippen LogP contribution >= 0.6 is 11.8 Å². The molecule has 0 saturated heterocycles. The standard InChI is InChI=1S/C19H16N2O4S/c1-11-3-5-13(6-4-11)17(22)12(2)26-19-21-20-18(25-19)14-7-8-15-16(9-14)24-10-23-15/h3-9,12H,10H2,1-2H3. The molecule has 3 aromatic rings. The van der Waals surface area contributed by atoms with E-state index in [2.05, 4.69) is 10.2 Å². The Morgan fingerprint density at radius 3 is 2.65 bits per heavy atom. The molecule has 0 N–H and O–H groups in total. The topological polar surface area (TPSA) is 74.5 Å². The molecule has 1 aliphatic rings. The number of ketones is 1. The Balaban J connectivity index is 1.48. The number of rotatable bonds is 5. The minimum atomic E-state index is -0.331. The van der Waals surface area contributed by atoms with Crippen molar-refractivity contribution in [2.24, 2.45) is 0 Å². The van der Waals surface area contributed by atoms with Crippen molar-refractivity contribution in [2.45, 2.75) is 24.3 Å². The minimum absolute atomic E-state index is 0.0258. The van der Waals surface area contributed by atoms with Gasteiger partial charge in [-0.2, -0.15) is 0 Å². The molecular weight excluding hydrogens is 352 g/mol. The summed E-state index contributed by atoms with van der Waals surface area (Å²) >= 11 is 1.25. The van der Waals surface area contributed by atoms with Crippen LogP contribution in [0, 0.1) is 6.92 Å². The number of aromatic nitrogens is 2. The predicted molar refractivity (Wildman–Crippen MR) is 96.7 cm³/mol. The summed E-state index contributed by atoms with van der Waals surface area (Å²) in [5, 5.41) is 8.12. The Morgan fingerprint density at radius 2 is 1.85 bits per heavy atom. The molecule has 1 aliphatic heterocycles. The second-order valence-electron chi connectivity index (χ2n) is 5.93. The lowest BCUT2D eigenvalue weighted by Crippen LogP contribution is -2.13. The molecule has 0 radical (unpaired) electrons. The number of thioether (sulfide) groups is 1. The third-order valence-corrected chi connectivity index (χ3v) is 4.94. The number of Topliss-reactive ketones (excluding diaryl/α,β-unsaturated/α-hetero) is 1. The van der Waals surface area contributed by atoms with Gasteiger partial charge in [-0.05, 0) is 32.0 Å². The van der Waals surface area contributed by atoms with E-state index in [4.69, 9.17) is 13.9 Å². The summed E-state index contributed by atoms with van der Waals surface area (Å²) in [6, 6.07) is 12.9. The molecule has 1 atom stereocenters. The van der Waals surface area contributed by atoms with Crippen LogP contribution in [0.5, 0.6) is 11.5 Å². The molecule has 0 aliphatic carbocycles. The van der Waals surface area contributed by atoms with Gasteiger partial charge in [0.15, 0.2) is 17.3 Å². The second-order valence-corrected chi connectivity index (χ2v) is 7.22. The number of ether oxygens (including phenoxy) is 2. The fraction of sp³-hybridized carbons (Fsp3) is 0.211. The van der Waals surface area contributed by atoms with Crippen molar-refractivity contribution >= 4 is 17.5 Å². The van der Waals surface area contributed by atoms with Gasteiger partial charge >= 0.3 is 0 Å². The lowest BCUT2D eigenvalue weighted by molar-refractivity contribution is 0.0993. The summed E-state index contributed by atoms with van der Waals surface area (Å²) in [6.07, 6.45) is 0. The average molecular weight is 368 g/mol. The first-order chi connectivity index (χ1) is 12.6. The number of hydrogen-bond donors (Lipinski definition) is 0. The molecule has 1 aromatic heterocycles. The van der Waals surface area contributed by atoms with Crippen LogP contribution in [0.1, 0.15) is 22.8 Å². The monoisotopic (exact) mass is 368 g/mol. The Labute approximate surface area is 154 Å². The van der Waals surface area contributed by atoms with Crippen molar-refractivity contribution in [3.63, 3.8) is 0 Å². The highest BCUT2D eigenvalue weighted by Gasteiger charge is 2.21. The van der Waals surface area contributed by atoms with Gasteiger partial charge in [-0.15, -0.1) is 10.2 Å². The molecule has 1 unspecified atom stereocenters. The highest BCUT2D eigenvalue weighted by molar-refractivity contribution is 8.00. The number of benzene rings is 2. The Morgan fingerprint density at radius 1 is 1.08 bits per heavy atom. The summed E-state index contributed by atoms with van der Waals surface area (Å²) in [6.45, 7) is 4.03. The molecule has 2 aromatic carbocycles. The Bertz CT molecular complexity index is 952. The van der Waals surface area contributed by atoms with Crippen molar-refractivity contribution in [2.75, 3.05) is 6.79 Å². The predicted octanol–water partition coefficient (Wildman–Crippen LogP) is 4.14. The van der Waals surface area contributed by atoms with Crippen LogP contribution in [0.4, 0.5) is 0 Å². The zero-order valence-electron chi connectivity index (χ0n) is 14.3. The van der Waals surface area contributed by atoms with E-state index in [0.717, 1.165) is 11.1 Å². The molecule has 7 heteroatoms. The summed E-state index contributed by atoms with van der Waals surface area (Å²) in [7, 11) is 0. The van der Waals surface area contributed by atoms with Gasteiger partial charge in [-0.1, -0.05) is 41.6 Å². The first kappa shape index (κ1) is 16.7. The largest absolute Gasteiger partial charge is 0.454 e. The maximum atomic E-state index is 12.5. The molecule has 0 saturated carbocycles. The fourth-order valence-corrected chi connectivity index (χ4v) is 3.32. The zero-order valence-corrected chi connectivity index (χ0v) is 15.1. The fourth-order valence-electron chi connectivity index (χ4n) is 2.56. The summed E-state index contributed by atoms with van der Waals surface area (Å²) in [5.74, 6) is 1.75. The SMILES string of the molecule is Cc1ccc(C(=O)C(C)Sc2nnc(-c3ccc4c(c3)OCO4)o2)cc1. The molecule has 132 valence electrons. The van der Waals surface area contributed by atoms with Gasteiger partial charge in [-0.3, -0.25) is 4.79 Å². The van der Waals surface area contributed by atoms with Crippen molar-refractivity contribution < 1.29 is 18.7 Å². The van der Waals surface area contributed by atoms with Crippen molar-refractivity contribution in [3.8, 4) is 23.0 Å². The summed E-state index contributed by atoms with van der Waals surface area (Å²) in [4.78, 5) is 12.5. The van der Waals surface area contributed by atoms with Crippen LogP contribution < -0.4 is 9.47 Å². The number of aryl methyl sites for hydroxylation is 1. The van der Waals surface area contributed by atoms with Gasteiger partial charge in [0.2, 0.25) is 12.7 Å². The van der Waals surface area contributed by atoms with Gasteiger partial charge in [-0.25, -0.2) is 0 Å². The van der Waals surface area contributed by atoms with Gasteiger partial charge in [0.25, 0.3) is 5.22 Å². The third-order valence-electron chi connectivity index (χ3n) is 4.01. The van der Waals surface area contributed by atoms with Gasteiger partial charge in [0.1, 0.15) is 0 Å². The Hall–Kier alpha value is -2.80. The molecule has 4 rings (SSSR count). The van der Waals surface area contributed by atoms with E-state index in [9.17, 15) is 4.79 Å². The second kappa shape index (κ2) is 6.84. The van der Waals surface area contributed by atoms with Crippen molar-refractivity contribution in [1.82, 2.24) is 10.2 Å². The van der Waals surface area contributed by atoms with Crippen LogP contribution in [0.2, 0.25) is 0 Å². The first-order valence-electron chi connectivity index (χ1n) is 8.11. The quantitative estimate of drug-likeness (QED) is 0.495. The van der Waals surface area contributed by atoms with E-state index < -0.39 is 0 Å². The molecule has 0 fully saturated rings. The molecule has 2 heterocycles. The summed E-state index contributed by atoms with van der Waals surface area (Å²) < 4.78 is 16.3. The summed E-state index contributed by atoms with van der Waals surface area (Å²) in [5.41, 5.74) is 2.53. The number of nitrogens with zero attached hydrogens (tertiary/aromatic N) is 2. The highest BCUT2D eigenvalue weighted by atomic mass is 32.2. The zero-order chi connectivity index (χ0) is 18.1. The number of carbonyl (C=O) groups excluding carboxylic acids is 1. The normalized spacial score (nSPS) is 13.6. The lowest BCUT2D eigenvalue weighted by atomic mass is 10.1. The number of hydrogen-bond acceptors (Lipinski definition) is 7. The Kier molecular flexibility index (Phi) is 4.38. The molecule has 6 nitrogen and oxygen atoms in total. The van der Waals surface area contributed by atoms with Crippen LogP contribution in [0.25, 0.3) is 11.5 Å². The number of fused-ring (bicyclic) bond motifs is 1. The van der Waals surface area contributed by atoms with Crippen molar-refractivity contribution in [1.29, 1.82) is 0 Å². The molecule has 0 bridgehead atoms. The van der Waals surface area contributed by atoms with E-state index in [1.54, 1.807) is 12.1 Å². The minimum Gasteiger partial charge on any atom is -0.454 e. The van der Waals surface area contributed by atoms with Crippen LogP contribution in [0.15, 0.2) is 52.1 Å². The lowest BCUT2D eigenvalue weighted by Gasteiger charge is -2.07. The number of carbonyl (C=O) groups is 1. The van der Waals surface area contributed by atoms with Gasteiger partial charge in [0, 0.05) is 11.1 Å². The molecule has 0 spiro atoms. The molecular formula is C19H16N2O4S. The van der Waals surface area contributed by atoms with Crippen molar-refractivity contribution in [3.05, 3.63) is 53.6 Å². The van der Waals surface area contributed by atoms with E-state index in [0.29, 0.717) is 28.2 Å². The molecule has 26 heavy (non-hydrogen) atoms. The van der Waals surface area contributed by atoms with Crippen LogP contribution in [-0.2, 0) is 0 Å². The average Bonchev–Trinajstić information content (AvgIpc) is 3.30.